The highest BCUT2D eigenvalue weighted by Gasteiger charge is 2.11. The van der Waals surface area contributed by atoms with Gasteiger partial charge >= 0.3 is 5.97 Å². The smallest absolute Gasteiger partial charge is 0.344 e. The summed E-state index contributed by atoms with van der Waals surface area (Å²) >= 11 is 5.73. The van der Waals surface area contributed by atoms with E-state index in [9.17, 15) is 19.2 Å². The van der Waals surface area contributed by atoms with Crippen LogP contribution in [0.3, 0.4) is 0 Å². The lowest BCUT2D eigenvalue weighted by Crippen LogP contribution is -2.43. The maximum Gasteiger partial charge on any atom is 0.344 e. The predicted molar refractivity (Wildman–Crippen MR) is 105 cm³/mol. The van der Waals surface area contributed by atoms with Crippen LogP contribution < -0.4 is 15.6 Å². The van der Waals surface area contributed by atoms with Crippen LogP contribution in [0.1, 0.15) is 34.1 Å². The summed E-state index contributed by atoms with van der Waals surface area (Å²) in [5.41, 5.74) is 5.17. The van der Waals surface area contributed by atoms with E-state index in [1.807, 2.05) is 0 Å². The van der Waals surface area contributed by atoms with Gasteiger partial charge in [-0.05, 0) is 48.5 Å². The Morgan fingerprint density at radius 1 is 0.862 bits per heavy atom. The van der Waals surface area contributed by atoms with Crippen LogP contribution in [0.5, 0.6) is 5.75 Å². The molecule has 0 spiro atoms. The Kier molecular flexibility index (Phi) is 8.17. The molecule has 2 aromatic rings. The van der Waals surface area contributed by atoms with Crippen molar-refractivity contribution >= 4 is 35.2 Å². The fourth-order valence-corrected chi connectivity index (χ4v) is 2.23. The van der Waals surface area contributed by atoms with Gasteiger partial charge in [0.25, 0.3) is 11.8 Å². The molecule has 0 aromatic heterocycles. The quantitative estimate of drug-likeness (QED) is 0.386. The van der Waals surface area contributed by atoms with Crippen molar-refractivity contribution in [3.63, 3.8) is 0 Å². The Labute approximate surface area is 172 Å². The van der Waals surface area contributed by atoms with Gasteiger partial charge < -0.3 is 9.47 Å². The Balaban J connectivity index is 1.67. The molecule has 0 unspecified atom stereocenters. The molecule has 0 atom stereocenters. The summed E-state index contributed by atoms with van der Waals surface area (Å²) in [7, 11) is 0. The topological polar surface area (TPSA) is 111 Å². The highest BCUT2D eigenvalue weighted by molar-refractivity contribution is 6.30. The Morgan fingerprint density at radius 2 is 1.48 bits per heavy atom. The Bertz CT molecular complexity index is 881. The van der Waals surface area contributed by atoms with Crippen LogP contribution in [-0.4, -0.2) is 36.8 Å². The second-order valence-electron chi connectivity index (χ2n) is 5.76. The molecular formula is C20H19ClN2O6. The number of halogens is 1. The molecule has 2 N–H and O–H groups in total. The van der Waals surface area contributed by atoms with Crippen LogP contribution >= 0.6 is 11.6 Å². The van der Waals surface area contributed by atoms with Crippen molar-refractivity contribution in [1.82, 2.24) is 10.9 Å². The van der Waals surface area contributed by atoms with Crippen LogP contribution in [0.15, 0.2) is 48.5 Å². The van der Waals surface area contributed by atoms with Crippen molar-refractivity contribution in [2.24, 2.45) is 0 Å². The van der Waals surface area contributed by atoms with Crippen LogP contribution in [0.25, 0.3) is 0 Å². The molecule has 2 amide bonds. The van der Waals surface area contributed by atoms with E-state index in [4.69, 9.17) is 21.1 Å². The number of benzene rings is 2. The molecule has 0 aliphatic heterocycles. The van der Waals surface area contributed by atoms with Gasteiger partial charge in [-0.3, -0.25) is 25.2 Å². The minimum atomic E-state index is -0.766. The molecule has 29 heavy (non-hydrogen) atoms. The zero-order valence-electron chi connectivity index (χ0n) is 15.6. The first-order chi connectivity index (χ1) is 13.9. The summed E-state index contributed by atoms with van der Waals surface area (Å²) in [6.45, 7) is 0.764. The number of carbonyl (C=O) groups is 4. The summed E-state index contributed by atoms with van der Waals surface area (Å²) in [5.74, 6) is -1.64. The molecule has 0 aliphatic carbocycles. The lowest BCUT2D eigenvalue weighted by Gasteiger charge is -2.09. The predicted octanol–water partition coefficient (Wildman–Crippen LogP) is 2.32. The van der Waals surface area contributed by atoms with Gasteiger partial charge in [-0.2, -0.15) is 0 Å². The lowest BCUT2D eigenvalue weighted by atomic mass is 10.1. The minimum Gasteiger partial charge on any atom is -0.482 e. The van der Waals surface area contributed by atoms with Crippen molar-refractivity contribution in [2.75, 3.05) is 13.2 Å². The Morgan fingerprint density at radius 3 is 2.10 bits per heavy atom. The molecule has 2 aromatic carbocycles. The zero-order valence-corrected chi connectivity index (χ0v) is 16.3. The summed E-state index contributed by atoms with van der Waals surface area (Å²) < 4.78 is 10.00. The average molecular weight is 419 g/mol. The third-order valence-electron chi connectivity index (χ3n) is 3.64. The highest BCUT2D eigenvalue weighted by Crippen LogP contribution is 2.13. The van der Waals surface area contributed by atoms with Gasteiger partial charge in [-0.15, -0.1) is 0 Å². The third-order valence-corrected chi connectivity index (χ3v) is 3.89. The van der Waals surface area contributed by atoms with Crippen molar-refractivity contribution in [1.29, 1.82) is 0 Å². The van der Waals surface area contributed by atoms with E-state index in [0.717, 1.165) is 0 Å². The van der Waals surface area contributed by atoms with E-state index >= 15 is 0 Å². The molecule has 2 rings (SSSR count). The maximum atomic E-state index is 11.8. The molecule has 0 saturated carbocycles. The fraction of sp³-hybridized carbons (Fsp3) is 0.200. The molecule has 9 heteroatoms. The van der Waals surface area contributed by atoms with Gasteiger partial charge in [-0.25, -0.2) is 4.79 Å². The van der Waals surface area contributed by atoms with Gasteiger partial charge in [0.1, 0.15) is 5.75 Å². The van der Waals surface area contributed by atoms with Gasteiger partial charge in [0.15, 0.2) is 19.0 Å². The average Bonchev–Trinajstić information content (AvgIpc) is 2.74. The monoisotopic (exact) mass is 418 g/mol. The van der Waals surface area contributed by atoms with Gasteiger partial charge in [0.2, 0.25) is 0 Å². The second kappa shape index (κ2) is 10.8. The summed E-state index contributed by atoms with van der Waals surface area (Å²) in [4.78, 5) is 46.7. The van der Waals surface area contributed by atoms with E-state index in [0.29, 0.717) is 28.3 Å². The van der Waals surface area contributed by atoms with E-state index in [2.05, 4.69) is 10.9 Å². The first-order valence-electron chi connectivity index (χ1n) is 8.65. The van der Waals surface area contributed by atoms with E-state index in [1.54, 1.807) is 31.2 Å². The van der Waals surface area contributed by atoms with Crippen molar-refractivity contribution in [3.05, 3.63) is 64.7 Å². The van der Waals surface area contributed by atoms with E-state index in [1.165, 1.54) is 24.3 Å². The number of Topliss-reactive ketones (excluding diaryl/α,β-unsaturated/α-hetero) is 1. The molecular weight excluding hydrogens is 400 g/mol. The van der Waals surface area contributed by atoms with Crippen LogP contribution in [0.2, 0.25) is 5.02 Å². The number of ketones is 1. The Hall–Kier alpha value is -3.39. The molecule has 0 bridgehead atoms. The molecule has 0 heterocycles. The number of hydrogen-bond acceptors (Lipinski definition) is 6. The SMILES string of the molecule is CCC(=O)c1ccc(OCC(=O)OCC(=O)NNC(=O)c2ccc(Cl)cc2)cc1. The fourth-order valence-electron chi connectivity index (χ4n) is 2.11. The molecule has 8 nitrogen and oxygen atoms in total. The molecule has 0 aliphatic rings. The van der Waals surface area contributed by atoms with Crippen molar-refractivity contribution in [2.45, 2.75) is 13.3 Å². The molecule has 152 valence electrons. The van der Waals surface area contributed by atoms with E-state index < -0.39 is 31.0 Å². The number of carbonyl (C=O) groups excluding carboxylic acids is 4. The summed E-state index contributed by atoms with van der Waals surface area (Å²) in [6, 6.07) is 12.4. The first kappa shape index (κ1) is 21.9. The number of rotatable bonds is 8. The molecule has 0 radical (unpaired) electrons. The third kappa shape index (κ3) is 7.27. The van der Waals surface area contributed by atoms with Crippen molar-refractivity contribution < 1.29 is 28.7 Å². The minimum absolute atomic E-state index is 0.00475. The standard InChI is InChI=1S/C20H19ClN2O6/c1-2-17(24)13-5-9-16(10-6-13)28-12-19(26)29-11-18(25)22-23-20(27)14-3-7-15(21)8-4-14/h3-10H,2,11-12H2,1H3,(H,22,25)(H,23,27). The maximum absolute atomic E-state index is 11.8. The second-order valence-corrected chi connectivity index (χ2v) is 6.20. The molecule has 0 fully saturated rings. The van der Waals surface area contributed by atoms with Crippen LogP contribution in [0.4, 0.5) is 0 Å². The van der Waals surface area contributed by atoms with Crippen molar-refractivity contribution in [3.8, 4) is 5.75 Å². The highest BCUT2D eigenvalue weighted by atomic mass is 35.5. The number of nitrogens with one attached hydrogen (secondary N) is 2. The normalized spacial score (nSPS) is 10.0. The van der Waals surface area contributed by atoms with Crippen LogP contribution in [-0.2, 0) is 14.3 Å². The largest absolute Gasteiger partial charge is 0.482 e. The number of amides is 2. The lowest BCUT2D eigenvalue weighted by molar-refractivity contribution is -0.150. The van der Waals surface area contributed by atoms with Gasteiger partial charge in [-0.1, -0.05) is 18.5 Å². The van der Waals surface area contributed by atoms with Gasteiger partial charge in [0, 0.05) is 22.6 Å². The summed E-state index contributed by atoms with van der Waals surface area (Å²) in [5, 5.41) is 0.477. The van der Waals surface area contributed by atoms with Crippen LogP contribution in [0, 0.1) is 0 Å². The number of esters is 1. The number of hydrazine groups is 1. The summed E-state index contributed by atoms with van der Waals surface area (Å²) in [6.07, 6.45) is 0.398. The molecule has 0 saturated heterocycles. The number of ether oxygens (including phenoxy) is 2. The van der Waals surface area contributed by atoms with E-state index in [-0.39, 0.29) is 5.78 Å². The zero-order chi connectivity index (χ0) is 21.2. The van der Waals surface area contributed by atoms with Gasteiger partial charge in [0.05, 0.1) is 0 Å². The number of hydrogen-bond donors (Lipinski definition) is 2. The first-order valence-corrected chi connectivity index (χ1v) is 9.03.